The van der Waals surface area contributed by atoms with Gasteiger partial charge < -0.3 is 9.80 Å². The monoisotopic (exact) mass is 420 g/mol. The number of fused-ring (bicyclic) bond motifs is 1. The molecular formula is C19H22Cl2N6O. The summed E-state index contributed by atoms with van der Waals surface area (Å²) in [6.07, 6.45) is 1.98. The molecule has 0 aliphatic carbocycles. The van der Waals surface area contributed by atoms with Crippen molar-refractivity contribution in [3.05, 3.63) is 38.6 Å². The Hall–Kier alpha value is -2.09. The van der Waals surface area contributed by atoms with Gasteiger partial charge in [-0.3, -0.25) is 14.9 Å². The van der Waals surface area contributed by atoms with E-state index in [1.807, 2.05) is 0 Å². The number of hydrogen-bond acceptors (Lipinski definition) is 5. The highest BCUT2D eigenvalue weighted by Gasteiger charge is 2.33. The number of anilines is 1. The molecule has 0 unspecified atom stereocenters. The van der Waals surface area contributed by atoms with Gasteiger partial charge in [0.1, 0.15) is 5.39 Å². The molecule has 0 atom stereocenters. The third-order valence-corrected chi connectivity index (χ3v) is 6.67. The number of aromatic amines is 2. The summed E-state index contributed by atoms with van der Waals surface area (Å²) >= 11 is 12.4. The van der Waals surface area contributed by atoms with Crippen molar-refractivity contribution in [1.29, 1.82) is 0 Å². The highest BCUT2D eigenvalue weighted by molar-refractivity contribution is 6.43. The highest BCUT2D eigenvalue weighted by atomic mass is 35.5. The van der Waals surface area contributed by atoms with E-state index in [-0.39, 0.29) is 11.1 Å². The zero-order chi connectivity index (χ0) is 20.1. The Morgan fingerprint density at radius 2 is 1.93 bits per heavy atom. The summed E-state index contributed by atoms with van der Waals surface area (Å²) < 4.78 is 0. The number of benzene rings is 1. The molecule has 0 amide bonds. The number of aromatic nitrogens is 4. The van der Waals surface area contributed by atoms with E-state index < -0.39 is 0 Å². The molecule has 148 valence electrons. The summed E-state index contributed by atoms with van der Waals surface area (Å²) in [6, 6.07) is 5.27. The molecule has 0 radical (unpaired) electrons. The lowest BCUT2D eigenvalue weighted by molar-refractivity contribution is 0.137. The molecule has 0 spiro atoms. The smallest absolute Gasteiger partial charge is 0.264 e. The number of piperidine rings is 1. The molecule has 28 heavy (non-hydrogen) atoms. The van der Waals surface area contributed by atoms with Gasteiger partial charge in [-0.05, 0) is 39.9 Å². The van der Waals surface area contributed by atoms with Crippen LogP contribution in [-0.2, 0) is 0 Å². The van der Waals surface area contributed by atoms with Crippen molar-refractivity contribution in [2.75, 3.05) is 32.1 Å². The molecule has 1 aromatic carbocycles. The lowest BCUT2D eigenvalue weighted by Gasteiger charge is -2.43. The molecule has 2 aromatic heterocycles. The molecule has 9 heteroatoms. The summed E-state index contributed by atoms with van der Waals surface area (Å²) in [5, 5.41) is 8.31. The van der Waals surface area contributed by atoms with Crippen LogP contribution in [-0.4, -0.2) is 57.8 Å². The molecule has 1 aliphatic heterocycles. The van der Waals surface area contributed by atoms with Gasteiger partial charge in [0, 0.05) is 24.2 Å². The van der Waals surface area contributed by atoms with Gasteiger partial charge in [0.25, 0.3) is 5.56 Å². The van der Waals surface area contributed by atoms with Crippen molar-refractivity contribution in [3.63, 3.8) is 0 Å². The summed E-state index contributed by atoms with van der Waals surface area (Å²) in [4.78, 5) is 24.7. The van der Waals surface area contributed by atoms with Gasteiger partial charge in [0.15, 0.2) is 5.65 Å². The topological polar surface area (TPSA) is 80.9 Å². The van der Waals surface area contributed by atoms with E-state index in [4.69, 9.17) is 23.2 Å². The van der Waals surface area contributed by atoms with Crippen LogP contribution >= 0.6 is 23.2 Å². The maximum Gasteiger partial charge on any atom is 0.264 e. The second-order valence-electron chi connectivity index (χ2n) is 7.67. The Kier molecular flexibility index (Phi) is 4.85. The Bertz CT molecular complexity index is 1080. The van der Waals surface area contributed by atoms with E-state index in [0.29, 0.717) is 38.3 Å². The summed E-state index contributed by atoms with van der Waals surface area (Å²) in [5.74, 6) is 0.550. The Morgan fingerprint density at radius 1 is 1.21 bits per heavy atom. The van der Waals surface area contributed by atoms with Gasteiger partial charge in [0.05, 0.1) is 15.7 Å². The van der Waals surface area contributed by atoms with Crippen molar-refractivity contribution >= 4 is 40.2 Å². The quantitative estimate of drug-likeness (QED) is 0.676. The van der Waals surface area contributed by atoms with Crippen molar-refractivity contribution in [3.8, 4) is 11.3 Å². The van der Waals surface area contributed by atoms with Crippen molar-refractivity contribution in [2.24, 2.45) is 0 Å². The summed E-state index contributed by atoms with van der Waals surface area (Å²) in [7, 11) is 4.21. The molecule has 3 heterocycles. The first-order chi connectivity index (χ1) is 13.3. The summed E-state index contributed by atoms with van der Waals surface area (Å²) in [5.41, 5.74) is 1.41. The molecule has 2 N–H and O–H groups in total. The van der Waals surface area contributed by atoms with Gasteiger partial charge in [0.2, 0.25) is 5.95 Å². The highest BCUT2D eigenvalue weighted by Crippen LogP contribution is 2.35. The Labute approximate surface area is 172 Å². The first-order valence-electron chi connectivity index (χ1n) is 9.15. The standard InChI is InChI=1S/C19H22Cl2N6O/c1-19(26(2)3)7-9-27(10-8-19)18-22-16-13(17(28)23-18)15(24-25-16)11-5-4-6-12(20)14(11)21/h4-6H,7-10H2,1-3H3,(H2,22,23,24,25,28). The van der Waals surface area contributed by atoms with Gasteiger partial charge in [-0.15, -0.1) is 0 Å². The molecule has 0 bridgehead atoms. The molecule has 1 saturated heterocycles. The van der Waals surface area contributed by atoms with E-state index in [0.717, 1.165) is 25.9 Å². The minimum atomic E-state index is -0.249. The second kappa shape index (κ2) is 7.06. The SMILES string of the molecule is CN(C)C1(C)CCN(c2nc3n[nH]c(-c4cccc(Cl)c4Cl)c3c(=O)[nH]2)CC1. The number of nitrogens with zero attached hydrogens (tertiary/aromatic N) is 4. The van der Waals surface area contributed by atoms with Crippen molar-refractivity contribution in [2.45, 2.75) is 25.3 Å². The summed E-state index contributed by atoms with van der Waals surface area (Å²) in [6.45, 7) is 3.90. The van der Waals surface area contributed by atoms with E-state index in [2.05, 4.69) is 51.0 Å². The molecule has 0 saturated carbocycles. The first-order valence-corrected chi connectivity index (χ1v) is 9.91. The number of rotatable bonds is 3. The van der Waals surface area contributed by atoms with Crippen LogP contribution in [0.15, 0.2) is 23.0 Å². The van der Waals surface area contributed by atoms with Crippen LogP contribution in [0.2, 0.25) is 10.0 Å². The predicted molar refractivity (Wildman–Crippen MR) is 114 cm³/mol. The fraction of sp³-hybridized carbons (Fsp3) is 0.421. The fourth-order valence-electron chi connectivity index (χ4n) is 3.61. The minimum Gasteiger partial charge on any atom is -0.342 e. The normalized spacial score (nSPS) is 16.9. The van der Waals surface area contributed by atoms with Crippen LogP contribution in [0.5, 0.6) is 0 Å². The molecule has 4 rings (SSSR count). The van der Waals surface area contributed by atoms with Crippen LogP contribution in [0.3, 0.4) is 0 Å². The number of nitrogens with one attached hydrogen (secondary N) is 2. The third kappa shape index (κ3) is 3.17. The van der Waals surface area contributed by atoms with Crippen LogP contribution in [0.25, 0.3) is 22.3 Å². The van der Waals surface area contributed by atoms with Crippen LogP contribution in [0.1, 0.15) is 19.8 Å². The Balaban J connectivity index is 1.70. The second-order valence-corrected chi connectivity index (χ2v) is 8.45. The predicted octanol–water partition coefficient (Wildman–Crippen LogP) is 3.54. The third-order valence-electron chi connectivity index (χ3n) is 5.85. The van der Waals surface area contributed by atoms with Gasteiger partial charge in [-0.25, -0.2) is 0 Å². The lowest BCUT2D eigenvalue weighted by Crippen LogP contribution is -2.51. The number of hydrogen-bond donors (Lipinski definition) is 2. The van der Waals surface area contributed by atoms with E-state index >= 15 is 0 Å². The van der Waals surface area contributed by atoms with Gasteiger partial charge >= 0.3 is 0 Å². The molecule has 3 aromatic rings. The zero-order valence-corrected chi connectivity index (χ0v) is 17.5. The first kappa shape index (κ1) is 19.2. The van der Waals surface area contributed by atoms with Crippen LogP contribution in [0.4, 0.5) is 5.95 Å². The van der Waals surface area contributed by atoms with Crippen LogP contribution < -0.4 is 10.5 Å². The van der Waals surface area contributed by atoms with E-state index in [1.54, 1.807) is 18.2 Å². The lowest BCUT2D eigenvalue weighted by atomic mass is 9.88. The number of H-pyrrole nitrogens is 2. The van der Waals surface area contributed by atoms with Crippen LogP contribution in [0, 0.1) is 0 Å². The fourth-order valence-corrected chi connectivity index (χ4v) is 4.00. The average molecular weight is 421 g/mol. The van der Waals surface area contributed by atoms with E-state index in [9.17, 15) is 4.79 Å². The molecule has 7 nitrogen and oxygen atoms in total. The molecule has 1 aliphatic rings. The maximum atomic E-state index is 12.9. The largest absolute Gasteiger partial charge is 0.342 e. The van der Waals surface area contributed by atoms with Crippen molar-refractivity contribution in [1.82, 2.24) is 25.1 Å². The zero-order valence-electron chi connectivity index (χ0n) is 16.0. The Morgan fingerprint density at radius 3 is 2.61 bits per heavy atom. The minimum absolute atomic E-state index is 0.156. The molecular weight excluding hydrogens is 399 g/mol. The van der Waals surface area contributed by atoms with Gasteiger partial charge in [-0.2, -0.15) is 10.1 Å². The van der Waals surface area contributed by atoms with Gasteiger partial charge in [-0.1, -0.05) is 35.3 Å². The average Bonchev–Trinajstić information content (AvgIpc) is 3.09. The number of halogens is 2. The van der Waals surface area contributed by atoms with Crippen molar-refractivity contribution < 1.29 is 0 Å². The maximum absolute atomic E-state index is 12.9. The molecule has 1 fully saturated rings. The van der Waals surface area contributed by atoms with E-state index in [1.165, 1.54) is 0 Å².